The van der Waals surface area contributed by atoms with Crippen LogP contribution in [0.1, 0.15) is 52.4 Å². The molecule has 0 saturated carbocycles. The lowest BCUT2D eigenvalue weighted by atomic mass is 10.1. The van der Waals surface area contributed by atoms with Gasteiger partial charge in [0.15, 0.2) is 0 Å². The fourth-order valence-electron chi connectivity index (χ4n) is 0.973. The van der Waals surface area contributed by atoms with Gasteiger partial charge < -0.3 is 0 Å². The van der Waals surface area contributed by atoms with E-state index in [1.165, 1.54) is 38.5 Å². The Morgan fingerprint density at radius 3 is 2.18 bits per heavy atom. The van der Waals surface area contributed by atoms with Crippen LogP contribution in [0.3, 0.4) is 0 Å². The van der Waals surface area contributed by atoms with Crippen molar-refractivity contribution in [2.45, 2.75) is 52.4 Å². The zero-order valence-corrected chi connectivity index (χ0v) is 10.1. The summed E-state index contributed by atoms with van der Waals surface area (Å²) in [7, 11) is 0. The minimum atomic E-state index is 0. The van der Waals surface area contributed by atoms with Crippen LogP contribution in [0.25, 0.3) is 0 Å². The van der Waals surface area contributed by atoms with Crippen molar-refractivity contribution in [2.75, 3.05) is 0 Å². The molecular formula is C10H21I. The Balaban J connectivity index is 0. The van der Waals surface area contributed by atoms with Gasteiger partial charge in [0.25, 0.3) is 0 Å². The number of unbranched alkanes of at least 4 members (excludes halogenated alkanes) is 4. The molecule has 0 aliphatic carbocycles. The van der Waals surface area contributed by atoms with Gasteiger partial charge in [-0.05, 0) is 19.3 Å². The Kier molecular flexibility index (Phi) is 16.7. The van der Waals surface area contributed by atoms with Crippen LogP contribution < -0.4 is 0 Å². The summed E-state index contributed by atoms with van der Waals surface area (Å²) in [4.78, 5) is 0. The molecule has 11 heavy (non-hydrogen) atoms. The standard InChI is InChI=1S/C10H20.HI/c1-3-5-7-9-10-8-6-4-2;/h5,7H,3-4,6,8-10H2,1-2H3;1H. The number of halogens is 1. The van der Waals surface area contributed by atoms with E-state index in [2.05, 4.69) is 26.0 Å². The summed E-state index contributed by atoms with van der Waals surface area (Å²) in [5.74, 6) is 0. The molecule has 0 aromatic rings. The van der Waals surface area contributed by atoms with Gasteiger partial charge in [-0.3, -0.25) is 0 Å². The van der Waals surface area contributed by atoms with Gasteiger partial charge in [-0.2, -0.15) is 0 Å². The van der Waals surface area contributed by atoms with Gasteiger partial charge in [0, 0.05) is 0 Å². The molecule has 0 aromatic carbocycles. The minimum absolute atomic E-state index is 0. The van der Waals surface area contributed by atoms with Crippen LogP contribution in [-0.2, 0) is 0 Å². The van der Waals surface area contributed by atoms with Gasteiger partial charge in [-0.1, -0.05) is 45.3 Å². The van der Waals surface area contributed by atoms with E-state index in [9.17, 15) is 0 Å². The first-order valence-corrected chi connectivity index (χ1v) is 4.56. The Labute approximate surface area is 88.5 Å². The summed E-state index contributed by atoms with van der Waals surface area (Å²) in [5.41, 5.74) is 0. The molecule has 0 rings (SSSR count). The first-order chi connectivity index (χ1) is 4.91. The first-order valence-electron chi connectivity index (χ1n) is 4.56. The van der Waals surface area contributed by atoms with Gasteiger partial charge in [-0.25, -0.2) is 0 Å². The number of rotatable bonds is 6. The highest BCUT2D eigenvalue weighted by Gasteiger charge is 1.82. The van der Waals surface area contributed by atoms with E-state index >= 15 is 0 Å². The highest BCUT2D eigenvalue weighted by atomic mass is 127. The summed E-state index contributed by atoms with van der Waals surface area (Å²) >= 11 is 0. The molecule has 0 radical (unpaired) electrons. The smallest absolute Gasteiger partial charge is 0.0351 e. The van der Waals surface area contributed by atoms with Gasteiger partial charge in [-0.15, -0.1) is 24.0 Å². The average Bonchev–Trinajstić information content (AvgIpc) is 1.97. The second-order valence-electron chi connectivity index (χ2n) is 2.73. The molecular weight excluding hydrogens is 247 g/mol. The fraction of sp³-hybridized carbons (Fsp3) is 0.800. The van der Waals surface area contributed by atoms with E-state index in [4.69, 9.17) is 0 Å². The Morgan fingerprint density at radius 1 is 0.909 bits per heavy atom. The third kappa shape index (κ3) is 13.5. The largest absolute Gasteiger partial charge is 0.107 e. The van der Waals surface area contributed by atoms with Crippen molar-refractivity contribution in [3.63, 3.8) is 0 Å². The van der Waals surface area contributed by atoms with Crippen molar-refractivity contribution in [1.82, 2.24) is 0 Å². The normalized spacial score (nSPS) is 10.0. The Hall–Kier alpha value is 0.470. The lowest BCUT2D eigenvalue weighted by Gasteiger charge is -1.92. The molecule has 0 bridgehead atoms. The average molecular weight is 268 g/mol. The summed E-state index contributed by atoms with van der Waals surface area (Å²) < 4.78 is 0. The number of allylic oxidation sites excluding steroid dienone is 2. The molecule has 0 unspecified atom stereocenters. The molecule has 0 spiro atoms. The molecule has 0 heterocycles. The molecule has 68 valence electrons. The van der Waals surface area contributed by atoms with Gasteiger partial charge >= 0.3 is 0 Å². The van der Waals surface area contributed by atoms with E-state index in [0.29, 0.717) is 0 Å². The topological polar surface area (TPSA) is 0 Å². The van der Waals surface area contributed by atoms with Crippen LogP contribution in [0, 0.1) is 0 Å². The SMILES string of the molecule is CCC=CCCCCCC.I. The monoisotopic (exact) mass is 268 g/mol. The number of hydrogen-bond donors (Lipinski definition) is 0. The van der Waals surface area contributed by atoms with E-state index in [-0.39, 0.29) is 24.0 Å². The summed E-state index contributed by atoms with van der Waals surface area (Å²) in [6.07, 6.45) is 12.6. The molecule has 1 heteroatoms. The second kappa shape index (κ2) is 13.1. The van der Waals surface area contributed by atoms with E-state index in [0.717, 1.165) is 0 Å². The van der Waals surface area contributed by atoms with Gasteiger partial charge in [0.1, 0.15) is 0 Å². The van der Waals surface area contributed by atoms with Crippen molar-refractivity contribution in [3.8, 4) is 0 Å². The maximum absolute atomic E-state index is 2.30. The first kappa shape index (κ1) is 14.0. The number of hydrogen-bond acceptors (Lipinski definition) is 0. The summed E-state index contributed by atoms with van der Waals surface area (Å²) in [6.45, 7) is 4.43. The molecule has 0 aromatic heterocycles. The maximum atomic E-state index is 2.30. The molecule has 0 atom stereocenters. The van der Waals surface area contributed by atoms with E-state index in [1.807, 2.05) is 0 Å². The molecule has 0 nitrogen and oxygen atoms in total. The third-order valence-electron chi connectivity index (χ3n) is 1.63. The highest BCUT2D eigenvalue weighted by Crippen LogP contribution is 2.02. The fourth-order valence-corrected chi connectivity index (χ4v) is 0.973. The van der Waals surface area contributed by atoms with Crippen molar-refractivity contribution in [1.29, 1.82) is 0 Å². The lowest BCUT2D eigenvalue weighted by molar-refractivity contribution is 0.674. The van der Waals surface area contributed by atoms with Crippen LogP contribution in [0.15, 0.2) is 12.2 Å². The third-order valence-corrected chi connectivity index (χ3v) is 1.63. The van der Waals surface area contributed by atoms with Gasteiger partial charge in [0.05, 0.1) is 0 Å². The molecule has 0 aliphatic heterocycles. The van der Waals surface area contributed by atoms with Crippen LogP contribution in [0.5, 0.6) is 0 Å². The van der Waals surface area contributed by atoms with Crippen molar-refractivity contribution < 1.29 is 0 Å². The van der Waals surface area contributed by atoms with E-state index < -0.39 is 0 Å². The predicted molar refractivity (Wildman–Crippen MR) is 63.6 cm³/mol. The minimum Gasteiger partial charge on any atom is -0.107 e. The van der Waals surface area contributed by atoms with Crippen LogP contribution >= 0.6 is 24.0 Å². The van der Waals surface area contributed by atoms with Crippen LogP contribution in [-0.4, -0.2) is 0 Å². The molecule has 0 saturated heterocycles. The molecule has 0 aliphatic rings. The predicted octanol–water partition coefficient (Wildman–Crippen LogP) is 4.54. The zero-order chi connectivity index (χ0) is 7.66. The van der Waals surface area contributed by atoms with Crippen molar-refractivity contribution in [3.05, 3.63) is 12.2 Å². The van der Waals surface area contributed by atoms with Crippen molar-refractivity contribution >= 4 is 24.0 Å². The lowest BCUT2D eigenvalue weighted by Crippen LogP contribution is -1.73. The van der Waals surface area contributed by atoms with Crippen LogP contribution in [0.4, 0.5) is 0 Å². The summed E-state index contributed by atoms with van der Waals surface area (Å²) in [5, 5.41) is 0. The Morgan fingerprint density at radius 2 is 1.64 bits per heavy atom. The van der Waals surface area contributed by atoms with E-state index in [1.54, 1.807) is 0 Å². The van der Waals surface area contributed by atoms with Gasteiger partial charge in [0.2, 0.25) is 0 Å². The second-order valence-corrected chi connectivity index (χ2v) is 2.73. The molecule has 0 amide bonds. The molecule has 0 N–H and O–H groups in total. The Bertz CT molecular complexity index is 76.9. The zero-order valence-electron chi connectivity index (χ0n) is 7.81. The van der Waals surface area contributed by atoms with Crippen LogP contribution in [0.2, 0.25) is 0 Å². The maximum Gasteiger partial charge on any atom is -0.0351 e. The summed E-state index contributed by atoms with van der Waals surface area (Å²) in [6, 6.07) is 0. The highest BCUT2D eigenvalue weighted by molar-refractivity contribution is 14.0. The van der Waals surface area contributed by atoms with Crippen molar-refractivity contribution in [2.24, 2.45) is 0 Å². The quantitative estimate of drug-likeness (QED) is 0.377. The molecule has 0 fully saturated rings.